The van der Waals surface area contributed by atoms with Crippen LogP contribution >= 0.6 is 11.8 Å². The molecule has 2 heterocycles. The molecular formula is C12H11F2N5S. The van der Waals surface area contributed by atoms with E-state index >= 15 is 0 Å². The van der Waals surface area contributed by atoms with Crippen molar-refractivity contribution >= 4 is 17.5 Å². The Morgan fingerprint density at radius 2 is 2.15 bits per heavy atom. The van der Waals surface area contributed by atoms with Gasteiger partial charge in [0.05, 0.1) is 5.71 Å². The Hall–Kier alpha value is -1.80. The predicted octanol–water partition coefficient (Wildman–Crippen LogP) is 1.42. The zero-order valence-electron chi connectivity index (χ0n) is 10.4. The lowest BCUT2D eigenvalue weighted by molar-refractivity contribution is 0.581. The van der Waals surface area contributed by atoms with Gasteiger partial charge < -0.3 is 5.73 Å². The molecule has 5 nitrogen and oxygen atoms in total. The second-order valence-electron chi connectivity index (χ2n) is 4.21. The van der Waals surface area contributed by atoms with Gasteiger partial charge in [0, 0.05) is 23.8 Å². The Morgan fingerprint density at radius 3 is 2.90 bits per heavy atom. The minimum atomic E-state index is -0.624. The summed E-state index contributed by atoms with van der Waals surface area (Å²) in [6.07, 6.45) is 0.538. The van der Waals surface area contributed by atoms with Gasteiger partial charge in [-0.1, -0.05) is 11.8 Å². The lowest BCUT2D eigenvalue weighted by Gasteiger charge is -2.14. The first kappa shape index (κ1) is 13.2. The van der Waals surface area contributed by atoms with Crippen molar-refractivity contribution in [2.24, 2.45) is 10.8 Å². The lowest BCUT2D eigenvalue weighted by Crippen LogP contribution is -2.17. The summed E-state index contributed by atoms with van der Waals surface area (Å²) in [5, 5.41) is 13.0. The van der Waals surface area contributed by atoms with Gasteiger partial charge in [0.2, 0.25) is 5.16 Å². The summed E-state index contributed by atoms with van der Waals surface area (Å²) in [5.74, 6) is -0.136. The molecule has 0 bridgehead atoms. The maximum absolute atomic E-state index is 13.8. The number of nitrogens with zero attached hydrogens (tertiary/aromatic N) is 4. The Labute approximate surface area is 117 Å². The van der Waals surface area contributed by atoms with E-state index in [0.717, 1.165) is 6.07 Å². The Bertz CT molecular complexity index is 682. The standard InChI is InChI=1S/C12H11F2N5S/c13-7-1-2-8(9(14)5-7)10-6-20-12-17-16-11(3-4-15)19(12)18-10/h1-2,5H,3-4,6,15H2. The molecule has 0 unspecified atom stereocenters. The van der Waals surface area contributed by atoms with Crippen LogP contribution in [0.5, 0.6) is 0 Å². The first-order chi connectivity index (χ1) is 9.69. The van der Waals surface area contributed by atoms with E-state index < -0.39 is 11.6 Å². The molecule has 0 radical (unpaired) electrons. The minimum Gasteiger partial charge on any atom is -0.330 e. The smallest absolute Gasteiger partial charge is 0.212 e. The molecule has 1 aliphatic rings. The topological polar surface area (TPSA) is 69.1 Å². The molecule has 0 fully saturated rings. The number of rotatable bonds is 3. The van der Waals surface area contributed by atoms with E-state index in [0.29, 0.717) is 35.4 Å². The molecular weight excluding hydrogens is 284 g/mol. The van der Waals surface area contributed by atoms with Crippen LogP contribution in [0.4, 0.5) is 8.78 Å². The van der Waals surface area contributed by atoms with Crippen LogP contribution in [-0.2, 0) is 6.42 Å². The summed E-state index contributed by atoms with van der Waals surface area (Å²) >= 11 is 1.41. The fourth-order valence-electron chi connectivity index (χ4n) is 1.91. The van der Waals surface area contributed by atoms with Crippen LogP contribution in [0.3, 0.4) is 0 Å². The summed E-state index contributed by atoms with van der Waals surface area (Å²) in [6.45, 7) is 0.429. The highest BCUT2D eigenvalue weighted by Gasteiger charge is 2.21. The van der Waals surface area contributed by atoms with Gasteiger partial charge in [-0.15, -0.1) is 10.2 Å². The van der Waals surface area contributed by atoms with Crippen LogP contribution in [0.25, 0.3) is 0 Å². The van der Waals surface area contributed by atoms with Gasteiger partial charge >= 0.3 is 0 Å². The van der Waals surface area contributed by atoms with Crippen LogP contribution < -0.4 is 5.73 Å². The molecule has 0 amide bonds. The molecule has 0 saturated heterocycles. The molecule has 3 rings (SSSR count). The van der Waals surface area contributed by atoms with Crippen LogP contribution in [0.2, 0.25) is 0 Å². The number of fused-ring (bicyclic) bond motifs is 1. The number of hydrogen-bond donors (Lipinski definition) is 1. The highest BCUT2D eigenvalue weighted by atomic mass is 32.2. The van der Waals surface area contributed by atoms with Crippen molar-refractivity contribution in [3.63, 3.8) is 0 Å². The van der Waals surface area contributed by atoms with Gasteiger partial charge in [-0.05, 0) is 18.7 Å². The number of aromatic nitrogens is 3. The average molecular weight is 295 g/mol. The van der Waals surface area contributed by atoms with E-state index in [1.54, 1.807) is 4.68 Å². The molecule has 1 aromatic carbocycles. The highest BCUT2D eigenvalue weighted by molar-refractivity contribution is 7.99. The highest BCUT2D eigenvalue weighted by Crippen LogP contribution is 2.25. The molecule has 2 aromatic rings. The van der Waals surface area contributed by atoms with Crippen molar-refractivity contribution in [2.75, 3.05) is 12.3 Å². The van der Waals surface area contributed by atoms with Gasteiger partial charge in [-0.25, -0.2) is 8.78 Å². The zero-order valence-corrected chi connectivity index (χ0v) is 11.2. The fourth-order valence-corrected chi connectivity index (χ4v) is 2.75. The number of halogens is 2. The number of thioether (sulfide) groups is 1. The number of benzene rings is 1. The number of nitrogens with two attached hydrogens (primary N) is 1. The monoisotopic (exact) mass is 295 g/mol. The van der Waals surface area contributed by atoms with E-state index in [2.05, 4.69) is 15.3 Å². The van der Waals surface area contributed by atoms with Gasteiger partial charge in [-0.3, -0.25) is 0 Å². The minimum absolute atomic E-state index is 0.289. The second-order valence-corrected chi connectivity index (χ2v) is 5.15. The maximum atomic E-state index is 13.8. The van der Waals surface area contributed by atoms with Crippen LogP contribution in [-0.4, -0.2) is 32.9 Å². The lowest BCUT2D eigenvalue weighted by atomic mass is 10.1. The maximum Gasteiger partial charge on any atom is 0.212 e. The first-order valence-corrected chi connectivity index (χ1v) is 6.98. The van der Waals surface area contributed by atoms with Crippen molar-refractivity contribution in [2.45, 2.75) is 11.6 Å². The molecule has 1 aliphatic heterocycles. The third-order valence-electron chi connectivity index (χ3n) is 2.85. The van der Waals surface area contributed by atoms with E-state index in [1.165, 1.54) is 23.9 Å². The van der Waals surface area contributed by atoms with Crippen molar-refractivity contribution < 1.29 is 8.78 Å². The summed E-state index contributed by atoms with van der Waals surface area (Å²) in [7, 11) is 0. The van der Waals surface area contributed by atoms with Crippen molar-refractivity contribution in [1.82, 2.24) is 14.9 Å². The number of hydrogen-bond acceptors (Lipinski definition) is 5. The van der Waals surface area contributed by atoms with Crippen molar-refractivity contribution in [3.05, 3.63) is 41.2 Å². The third kappa shape index (κ3) is 2.32. The third-order valence-corrected chi connectivity index (χ3v) is 3.78. The second kappa shape index (κ2) is 5.29. The summed E-state index contributed by atoms with van der Waals surface area (Å²) in [6, 6.07) is 3.46. The fraction of sp³-hybridized carbons (Fsp3) is 0.250. The van der Waals surface area contributed by atoms with Gasteiger partial charge in [-0.2, -0.15) is 9.78 Å². The van der Waals surface area contributed by atoms with Crippen LogP contribution in [0.1, 0.15) is 11.4 Å². The Morgan fingerprint density at radius 1 is 1.30 bits per heavy atom. The molecule has 2 N–H and O–H groups in total. The summed E-state index contributed by atoms with van der Waals surface area (Å²) < 4.78 is 28.3. The SMILES string of the molecule is NCCc1nnc2n1N=C(c1ccc(F)cc1F)CS2. The van der Waals surface area contributed by atoms with E-state index in [1.807, 2.05) is 0 Å². The normalized spacial score (nSPS) is 14.1. The molecule has 0 atom stereocenters. The quantitative estimate of drug-likeness (QED) is 0.929. The molecule has 0 aliphatic carbocycles. The Kier molecular flexibility index (Phi) is 3.49. The van der Waals surface area contributed by atoms with E-state index in [4.69, 9.17) is 5.73 Å². The van der Waals surface area contributed by atoms with E-state index in [9.17, 15) is 8.78 Å². The van der Waals surface area contributed by atoms with Gasteiger partial charge in [0.1, 0.15) is 11.6 Å². The molecule has 8 heteroatoms. The van der Waals surface area contributed by atoms with E-state index in [-0.39, 0.29) is 5.56 Å². The first-order valence-electron chi connectivity index (χ1n) is 5.99. The molecule has 104 valence electrons. The van der Waals surface area contributed by atoms with Crippen LogP contribution in [0, 0.1) is 11.6 Å². The Balaban J connectivity index is 2.03. The average Bonchev–Trinajstić information content (AvgIpc) is 2.82. The van der Waals surface area contributed by atoms with Crippen molar-refractivity contribution in [1.29, 1.82) is 0 Å². The zero-order chi connectivity index (χ0) is 14.1. The molecule has 1 aromatic heterocycles. The van der Waals surface area contributed by atoms with Crippen LogP contribution in [0.15, 0.2) is 28.5 Å². The molecule has 0 spiro atoms. The molecule has 20 heavy (non-hydrogen) atoms. The predicted molar refractivity (Wildman–Crippen MR) is 71.8 cm³/mol. The van der Waals surface area contributed by atoms with Gasteiger partial charge in [0.15, 0.2) is 5.82 Å². The summed E-state index contributed by atoms with van der Waals surface area (Å²) in [5.41, 5.74) is 6.32. The molecule has 0 saturated carbocycles. The van der Waals surface area contributed by atoms with Gasteiger partial charge in [0.25, 0.3) is 0 Å². The van der Waals surface area contributed by atoms with Crippen molar-refractivity contribution in [3.8, 4) is 0 Å². The largest absolute Gasteiger partial charge is 0.330 e. The summed E-state index contributed by atoms with van der Waals surface area (Å²) in [4.78, 5) is 0.